The van der Waals surface area contributed by atoms with Crippen molar-refractivity contribution in [3.8, 4) is 0 Å². The van der Waals surface area contributed by atoms with Gasteiger partial charge >= 0.3 is 0 Å². The van der Waals surface area contributed by atoms with E-state index in [0.29, 0.717) is 5.25 Å². The minimum Gasteiger partial charge on any atom is -0.350 e. The third-order valence-corrected chi connectivity index (χ3v) is 4.42. The third kappa shape index (κ3) is 2.30. The van der Waals surface area contributed by atoms with Gasteiger partial charge in [-0.1, -0.05) is 35.8 Å². The monoisotopic (exact) mass is 297 g/mol. The van der Waals surface area contributed by atoms with Gasteiger partial charge in [-0.05, 0) is 22.9 Å². The van der Waals surface area contributed by atoms with Crippen molar-refractivity contribution in [2.45, 2.75) is 24.9 Å². The van der Waals surface area contributed by atoms with E-state index in [1.54, 1.807) is 0 Å². The van der Waals surface area contributed by atoms with E-state index >= 15 is 0 Å². The maximum atomic E-state index is 3.65. The van der Waals surface area contributed by atoms with E-state index in [2.05, 4.69) is 65.8 Å². The highest BCUT2D eigenvalue weighted by Crippen LogP contribution is 2.31. The Morgan fingerprint density at radius 3 is 2.81 bits per heavy atom. The highest BCUT2D eigenvalue weighted by molar-refractivity contribution is 9.10. The van der Waals surface area contributed by atoms with Gasteiger partial charge in [0, 0.05) is 34.4 Å². The summed E-state index contributed by atoms with van der Waals surface area (Å²) in [6.45, 7) is 4.48. The number of thioether (sulfide) groups is 1. The van der Waals surface area contributed by atoms with E-state index in [9.17, 15) is 0 Å². The predicted octanol–water partition coefficient (Wildman–Crippen LogP) is 4.58. The maximum absolute atomic E-state index is 3.65. The van der Waals surface area contributed by atoms with E-state index in [1.807, 2.05) is 11.8 Å². The Kier molecular flexibility index (Phi) is 3.65. The highest BCUT2D eigenvalue weighted by atomic mass is 79.9. The number of benzene rings is 1. The molecule has 86 valence electrons. The van der Waals surface area contributed by atoms with Crippen LogP contribution in [0.2, 0.25) is 0 Å². The van der Waals surface area contributed by atoms with Crippen molar-refractivity contribution >= 4 is 38.6 Å². The minimum atomic E-state index is 0.678. The van der Waals surface area contributed by atoms with E-state index < -0.39 is 0 Å². The number of aryl methyl sites for hydroxylation is 1. The quantitative estimate of drug-likeness (QED) is 0.803. The van der Waals surface area contributed by atoms with E-state index in [-0.39, 0.29) is 0 Å². The molecule has 0 radical (unpaired) electrons. The molecule has 1 aromatic carbocycles. The van der Waals surface area contributed by atoms with E-state index in [1.165, 1.54) is 20.9 Å². The summed E-state index contributed by atoms with van der Waals surface area (Å²) in [6.07, 6.45) is 2.24. The van der Waals surface area contributed by atoms with Crippen LogP contribution < -0.4 is 0 Å². The van der Waals surface area contributed by atoms with Crippen molar-refractivity contribution in [3.05, 3.63) is 34.4 Å². The smallest absolute Gasteiger partial charge is 0.0492 e. The molecule has 0 saturated heterocycles. The first-order valence-electron chi connectivity index (χ1n) is 5.43. The van der Waals surface area contributed by atoms with Gasteiger partial charge in [0.1, 0.15) is 0 Å². The SMILES string of the molecule is CC(C)SCc1cn(C)c2cccc(Br)c12. The molecule has 0 saturated carbocycles. The van der Waals surface area contributed by atoms with Crippen LogP contribution in [0.4, 0.5) is 0 Å². The van der Waals surface area contributed by atoms with Gasteiger partial charge in [0.25, 0.3) is 0 Å². The summed E-state index contributed by atoms with van der Waals surface area (Å²) in [5.41, 5.74) is 2.72. The molecule has 0 atom stereocenters. The first-order valence-corrected chi connectivity index (χ1v) is 7.28. The molecule has 0 spiro atoms. The molecule has 0 N–H and O–H groups in total. The molecule has 0 fully saturated rings. The van der Waals surface area contributed by atoms with Crippen LogP contribution in [0, 0.1) is 0 Å². The van der Waals surface area contributed by atoms with Crippen molar-refractivity contribution in [2.24, 2.45) is 7.05 Å². The summed E-state index contributed by atoms with van der Waals surface area (Å²) in [7, 11) is 2.11. The Morgan fingerprint density at radius 1 is 1.38 bits per heavy atom. The molecule has 0 amide bonds. The lowest BCUT2D eigenvalue weighted by molar-refractivity contribution is 0.962. The zero-order valence-corrected chi connectivity index (χ0v) is 12.2. The largest absolute Gasteiger partial charge is 0.350 e. The van der Waals surface area contributed by atoms with Crippen LogP contribution in [-0.2, 0) is 12.8 Å². The number of hydrogen-bond donors (Lipinski definition) is 0. The summed E-state index contributed by atoms with van der Waals surface area (Å²) < 4.78 is 3.40. The molecule has 2 aromatic rings. The molecule has 0 aliphatic heterocycles. The van der Waals surface area contributed by atoms with Crippen molar-refractivity contribution in [3.63, 3.8) is 0 Å². The van der Waals surface area contributed by atoms with Crippen molar-refractivity contribution in [1.29, 1.82) is 0 Å². The number of hydrogen-bond acceptors (Lipinski definition) is 1. The predicted molar refractivity (Wildman–Crippen MR) is 77.1 cm³/mol. The molecule has 3 heteroatoms. The van der Waals surface area contributed by atoms with Crippen molar-refractivity contribution < 1.29 is 0 Å². The van der Waals surface area contributed by atoms with Crippen LogP contribution in [0.3, 0.4) is 0 Å². The van der Waals surface area contributed by atoms with Crippen LogP contribution in [0.25, 0.3) is 10.9 Å². The summed E-state index contributed by atoms with van der Waals surface area (Å²) in [5.74, 6) is 1.08. The van der Waals surface area contributed by atoms with Crippen molar-refractivity contribution in [2.75, 3.05) is 0 Å². The molecular formula is C13H16BrNS. The molecule has 0 aliphatic rings. The molecule has 1 heterocycles. The number of halogens is 1. The van der Waals surface area contributed by atoms with Gasteiger partial charge in [-0.15, -0.1) is 0 Å². The Morgan fingerprint density at radius 2 is 2.12 bits per heavy atom. The fraction of sp³-hybridized carbons (Fsp3) is 0.385. The zero-order chi connectivity index (χ0) is 11.7. The lowest BCUT2D eigenvalue weighted by Gasteiger charge is -2.04. The number of fused-ring (bicyclic) bond motifs is 1. The standard InChI is InChI=1S/C13H16BrNS/c1-9(2)16-8-10-7-15(3)12-6-4-5-11(14)13(10)12/h4-7,9H,8H2,1-3H3. The number of aromatic nitrogens is 1. The Labute approximate surface area is 109 Å². The average Bonchev–Trinajstić information content (AvgIpc) is 2.55. The number of nitrogens with zero attached hydrogens (tertiary/aromatic N) is 1. The van der Waals surface area contributed by atoms with Crippen LogP contribution in [-0.4, -0.2) is 9.82 Å². The van der Waals surface area contributed by atoms with Crippen LogP contribution in [0.5, 0.6) is 0 Å². The van der Waals surface area contributed by atoms with Gasteiger partial charge in [0.05, 0.1) is 0 Å². The summed E-state index contributed by atoms with van der Waals surface area (Å²) in [5, 5.41) is 2.04. The Bertz CT molecular complexity index is 502. The van der Waals surface area contributed by atoms with Gasteiger partial charge in [0.2, 0.25) is 0 Å². The van der Waals surface area contributed by atoms with E-state index in [0.717, 1.165) is 5.75 Å². The summed E-state index contributed by atoms with van der Waals surface area (Å²) in [6, 6.07) is 6.38. The second-order valence-electron chi connectivity index (χ2n) is 4.26. The molecule has 0 bridgehead atoms. The molecule has 2 rings (SSSR count). The Hall–Kier alpha value is -0.410. The minimum absolute atomic E-state index is 0.678. The van der Waals surface area contributed by atoms with Gasteiger partial charge in [-0.2, -0.15) is 11.8 Å². The molecule has 1 aromatic heterocycles. The van der Waals surface area contributed by atoms with E-state index in [4.69, 9.17) is 0 Å². The zero-order valence-electron chi connectivity index (χ0n) is 9.83. The summed E-state index contributed by atoms with van der Waals surface area (Å²) >= 11 is 5.63. The fourth-order valence-corrected chi connectivity index (χ4v) is 3.20. The van der Waals surface area contributed by atoms with Gasteiger partial charge in [-0.3, -0.25) is 0 Å². The highest BCUT2D eigenvalue weighted by Gasteiger charge is 2.09. The Balaban J connectivity index is 2.45. The van der Waals surface area contributed by atoms with Crippen LogP contribution in [0.1, 0.15) is 19.4 Å². The number of rotatable bonds is 3. The van der Waals surface area contributed by atoms with Gasteiger partial charge in [-0.25, -0.2) is 0 Å². The second-order valence-corrected chi connectivity index (χ2v) is 6.68. The normalized spacial score (nSPS) is 11.6. The molecular weight excluding hydrogens is 282 g/mol. The van der Waals surface area contributed by atoms with Crippen LogP contribution >= 0.6 is 27.7 Å². The lowest BCUT2D eigenvalue weighted by atomic mass is 10.2. The topological polar surface area (TPSA) is 4.93 Å². The third-order valence-electron chi connectivity index (χ3n) is 2.61. The summed E-state index contributed by atoms with van der Waals surface area (Å²) in [4.78, 5) is 0. The first-order chi connectivity index (χ1) is 7.59. The maximum Gasteiger partial charge on any atom is 0.0492 e. The van der Waals surface area contributed by atoms with Gasteiger partial charge < -0.3 is 4.57 Å². The molecule has 16 heavy (non-hydrogen) atoms. The first kappa shape index (κ1) is 12.1. The van der Waals surface area contributed by atoms with Crippen molar-refractivity contribution in [1.82, 2.24) is 4.57 Å². The molecule has 0 unspecified atom stereocenters. The van der Waals surface area contributed by atoms with Gasteiger partial charge in [0.15, 0.2) is 0 Å². The molecule has 1 nitrogen and oxygen atoms in total. The fourth-order valence-electron chi connectivity index (χ4n) is 1.86. The lowest BCUT2D eigenvalue weighted by Crippen LogP contribution is -1.88. The average molecular weight is 298 g/mol. The molecule has 0 aliphatic carbocycles. The second kappa shape index (κ2) is 4.84. The van der Waals surface area contributed by atoms with Crippen LogP contribution in [0.15, 0.2) is 28.9 Å².